The van der Waals surface area contributed by atoms with Crippen LogP contribution in [-0.4, -0.2) is 44.8 Å². The Bertz CT molecular complexity index is 1060. The van der Waals surface area contributed by atoms with Crippen LogP contribution in [0.5, 0.6) is 23.0 Å². The van der Waals surface area contributed by atoms with Crippen LogP contribution in [0.15, 0.2) is 65.7 Å². The maximum atomic E-state index is 6.39. The molecule has 0 saturated heterocycles. The summed E-state index contributed by atoms with van der Waals surface area (Å²) in [5.74, 6) is 2.77. The van der Waals surface area contributed by atoms with Gasteiger partial charge in [0.15, 0.2) is 5.17 Å². The molecule has 0 heterocycles. The van der Waals surface area contributed by atoms with E-state index < -0.39 is 0 Å². The van der Waals surface area contributed by atoms with Crippen molar-refractivity contribution in [3.8, 4) is 23.0 Å². The first kappa shape index (κ1) is 25.6. The summed E-state index contributed by atoms with van der Waals surface area (Å²) in [6, 6.07) is 19.6. The number of hydrogen-bond donors (Lipinski definition) is 0. The Morgan fingerprint density at radius 2 is 1.26 bits per heavy atom. The SMILES string of the molecule is COc1ccc(CN(Cc2ccc(OC)cc2)C(=Nc2cc(Cl)c(OC)cc2OC)SC)cc1. The molecule has 0 fully saturated rings. The van der Waals surface area contributed by atoms with E-state index in [0.717, 1.165) is 27.8 Å². The van der Waals surface area contributed by atoms with Gasteiger partial charge in [-0.25, -0.2) is 4.99 Å². The fourth-order valence-electron chi connectivity index (χ4n) is 3.37. The summed E-state index contributed by atoms with van der Waals surface area (Å²) in [5.41, 5.74) is 2.90. The lowest BCUT2D eigenvalue weighted by molar-refractivity contribution is 0.394. The minimum atomic E-state index is 0.472. The van der Waals surface area contributed by atoms with Crippen LogP contribution in [0.4, 0.5) is 5.69 Å². The molecule has 0 N–H and O–H groups in total. The second-order valence-electron chi connectivity index (χ2n) is 7.31. The van der Waals surface area contributed by atoms with Gasteiger partial charge < -0.3 is 23.8 Å². The van der Waals surface area contributed by atoms with Crippen LogP contribution >= 0.6 is 23.4 Å². The van der Waals surface area contributed by atoms with Crippen LogP contribution in [0.2, 0.25) is 5.02 Å². The molecule has 0 aliphatic carbocycles. The molecule has 0 saturated carbocycles. The van der Waals surface area contributed by atoms with Crippen molar-refractivity contribution < 1.29 is 18.9 Å². The molecular formula is C26H29ClN2O4S. The molecule has 0 spiro atoms. The van der Waals surface area contributed by atoms with Crippen molar-refractivity contribution >= 4 is 34.2 Å². The van der Waals surface area contributed by atoms with Gasteiger partial charge in [0.2, 0.25) is 0 Å². The third-order valence-corrected chi connectivity index (χ3v) is 6.20. The van der Waals surface area contributed by atoms with Crippen molar-refractivity contribution in [1.82, 2.24) is 4.90 Å². The van der Waals surface area contributed by atoms with Crippen LogP contribution < -0.4 is 18.9 Å². The van der Waals surface area contributed by atoms with E-state index in [0.29, 0.717) is 35.3 Å². The molecule has 0 radical (unpaired) electrons. The molecule has 0 unspecified atom stereocenters. The zero-order valence-corrected chi connectivity index (χ0v) is 21.6. The van der Waals surface area contributed by atoms with Gasteiger partial charge in [-0.1, -0.05) is 47.6 Å². The van der Waals surface area contributed by atoms with Gasteiger partial charge in [-0.2, -0.15) is 0 Å². The lowest BCUT2D eigenvalue weighted by atomic mass is 10.1. The quantitative estimate of drug-likeness (QED) is 0.249. The van der Waals surface area contributed by atoms with E-state index in [9.17, 15) is 0 Å². The summed E-state index contributed by atoms with van der Waals surface area (Å²) in [4.78, 5) is 7.15. The van der Waals surface area contributed by atoms with Crippen molar-refractivity contribution in [2.24, 2.45) is 4.99 Å². The van der Waals surface area contributed by atoms with Crippen molar-refractivity contribution in [3.63, 3.8) is 0 Å². The van der Waals surface area contributed by atoms with Crippen LogP contribution in [-0.2, 0) is 13.1 Å². The zero-order valence-electron chi connectivity index (χ0n) is 20.0. The second-order valence-corrected chi connectivity index (χ2v) is 8.49. The number of thioether (sulfide) groups is 1. The summed E-state index contributed by atoms with van der Waals surface area (Å²) in [6.07, 6.45) is 2.01. The summed E-state index contributed by atoms with van der Waals surface area (Å²) in [6.45, 7) is 1.31. The molecule has 6 nitrogen and oxygen atoms in total. The average molecular weight is 501 g/mol. The van der Waals surface area contributed by atoms with Gasteiger partial charge in [0, 0.05) is 19.2 Å². The highest BCUT2D eigenvalue weighted by atomic mass is 35.5. The largest absolute Gasteiger partial charge is 0.497 e. The zero-order chi connectivity index (χ0) is 24.5. The number of halogens is 1. The summed E-state index contributed by atoms with van der Waals surface area (Å²) in [5, 5.41) is 1.30. The third kappa shape index (κ3) is 6.52. The molecule has 3 aromatic rings. The highest BCUT2D eigenvalue weighted by Crippen LogP contribution is 2.38. The monoisotopic (exact) mass is 500 g/mol. The molecule has 3 rings (SSSR count). The van der Waals surface area contributed by atoms with E-state index in [1.54, 1.807) is 52.3 Å². The summed E-state index contributed by atoms with van der Waals surface area (Å²) in [7, 11) is 6.50. The van der Waals surface area contributed by atoms with E-state index in [-0.39, 0.29) is 0 Å². The number of aliphatic imine (C=N–C) groups is 1. The Balaban J connectivity index is 1.99. The molecule has 180 valence electrons. The van der Waals surface area contributed by atoms with Crippen molar-refractivity contribution in [2.45, 2.75) is 13.1 Å². The van der Waals surface area contributed by atoms with E-state index in [1.807, 2.05) is 30.5 Å². The first-order valence-electron chi connectivity index (χ1n) is 10.6. The van der Waals surface area contributed by atoms with Gasteiger partial charge in [0.1, 0.15) is 28.7 Å². The summed E-state index contributed by atoms with van der Waals surface area (Å²) >= 11 is 7.95. The fraction of sp³-hybridized carbons (Fsp3) is 0.269. The smallest absolute Gasteiger partial charge is 0.164 e. The molecule has 0 amide bonds. The minimum absolute atomic E-state index is 0.472. The Morgan fingerprint density at radius 1 is 0.765 bits per heavy atom. The molecule has 8 heteroatoms. The molecule has 0 bridgehead atoms. The van der Waals surface area contributed by atoms with Crippen molar-refractivity contribution in [2.75, 3.05) is 34.7 Å². The third-order valence-electron chi connectivity index (χ3n) is 5.19. The highest BCUT2D eigenvalue weighted by Gasteiger charge is 2.16. The average Bonchev–Trinajstić information content (AvgIpc) is 2.87. The standard InChI is InChI=1S/C26H29ClN2O4S/c1-30-20-10-6-18(7-11-20)16-29(17-19-8-12-21(31-2)13-9-19)26(34-5)28-23-14-22(27)24(32-3)15-25(23)33-4/h6-15H,16-17H2,1-5H3. The van der Waals surface area contributed by atoms with Gasteiger partial charge in [-0.05, 0) is 47.7 Å². The number of ether oxygens (including phenoxy) is 4. The lowest BCUT2D eigenvalue weighted by Gasteiger charge is -2.26. The van der Waals surface area contributed by atoms with Crippen LogP contribution in [0, 0.1) is 0 Å². The number of benzene rings is 3. The number of amidine groups is 1. The molecule has 0 aromatic heterocycles. The maximum Gasteiger partial charge on any atom is 0.164 e. The lowest BCUT2D eigenvalue weighted by Crippen LogP contribution is -2.27. The number of nitrogens with zero attached hydrogens (tertiary/aromatic N) is 2. The van der Waals surface area contributed by atoms with Gasteiger partial charge in [0.05, 0.1) is 33.5 Å². The van der Waals surface area contributed by atoms with Crippen molar-refractivity contribution in [1.29, 1.82) is 0 Å². The molecule has 0 aliphatic rings. The normalized spacial score (nSPS) is 11.2. The van der Waals surface area contributed by atoms with Crippen LogP contribution in [0.25, 0.3) is 0 Å². The fourth-order valence-corrected chi connectivity index (χ4v) is 4.19. The van der Waals surface area contributed by atoms with Gasteiger partial charge in [-0.3, -0.25) is 0 Å². The van der Waals surface area contributed by atoms with Crippen LogP contribution in [0.3, 0.4) is 0 Å². The van der Waals surface area contributed by atoms with E-state index in [1.165, 1.54) is 0 Å². The molecule has 0 aliphatic heterocycles. The number of rotatable bonds is 9. The summed E-state index contributed by atoms with van der Waals surface area (Å²) < 4.78 is 21.5. The maximum absolute atomic E-state index is 6.39. The van der Waals surface area contributed by atoms with Crippen molar-refractivity contribution in [3.05, 3.63) is 76.8 Å². The Labute approximate surface area is 210 Å². The van der Waals surface area contributed by atoms with Gasteiger partial charge in [0.25, 0.3) is 0 Å². The first-order valence-corrected chi connectivity index (χ1v) is 12.2. The topological polar surface area (TPSA) is 52.5 Å². The molecular weight excluding hydrogens is 472 g/mol. The van der Waals surface area contributed by atoms with E-state index >= 15 is 0 Å². The highest BCUT2D eigenvalue weighted by molar-refractivity contribution is 8.13. The number of hydrogen-bond acceptors (Lipinski definition) is 6. The molecule has 34 heavy (non-hydrogen) atoms. The first-order chi connectivity index (χ1) is 16.5. The van der Waals surface area contributed by atoms with Gasteiger partial charge in [-0.15, -0.1) is 0 Å². The molecule has 3 aromatic carbocycles. The molecule has 0 atom stereocenters. The Morgan fingerprint density at radius 3 is 1.68 bits per heavy atom. The van der Waals surface area contributed by atoms with E-state index in [4.69, 9.17) is 35.5 Å². The minimum Gasteiger partial charge on any atom is -0.497 e. The second kappa shape index (κ2) is 12.4. The van der Waals surface area contributed by atoms with Crippen LogP contribution in [0.1, 0.15) is 11.1 Å². The van der Waals surface area contributed by atoms with E-state index in [2.05, 4.69) is 29.2 Å². The van der Waals surface area contributed by atoms with Gasteiger partial charge >= 0.3 is 0 Å². The number of methoxy groups -OCH3 is 4. The Kier molecular flexibility index (Phi) is 9.36. The predicted octanol–water partition coefficient (Wildman–Crippen LogP) is 6.43. The predicted molar refractivity (Wildman–Crippen MR) is 140 cm³/mol. The Hall–Kier alpha value is -3.03.